The minimum atomic E-state index is -1.98. The number of carbonyl (C=O) groups excluding carboxylic acids is 6. The van der Waals surface area contributed by atoms with Gasteiger partial charge in [0.25, 0.3) is 11.8 Å². The van der Waals surface area contributed by atoms with Crippen molar-refractivity contribution in [2.24, 2.45) is 17.3 Å². The molecule has 0 bridgehead atoms. The summed E-state index contributed by atoms with van der Waals surface area (Å²) in [5.74, 6) is -3.63. The smallest absolute Gasteiger partial charge is 0.253 e. The Labute approximate surface area is 480 Å². The Balaban J connectivity index is 0.561. The van der Waals surface area contributed by atoms with Crippen LogP contribution in [0.25, 0.3) is 0 Å². The Morgan fingerprint density at radius 3 is 1.88 bits per heavy atom. The largest absolute Gasteiger partial charge is 0.388 e. The van der Waals surface area contributed by atoms with E-state index in [-0.39, 0.29) is 62.6 Å². The summed E-state index contributed by atoms with van der Waals surface area (Å²) in [5.41, 5.74) is -3.06. The highest BCUT2D eigenvalue weighted by Gasteiger charge is 2.85. The number of nitrogens with one attached hydrogen (secondary N) is 2. The first kappa shape index (κ1) is 62.0. The van der Waals surface area contributed by atoms with Crippen molar-refractivity contribution in [3.8, 4) is 0 Å². The number of amides is 4. The first-order chi connectivity index (χ1) is 40.2. The van der Waals surface area contributed by atoms with Gasteiger partial charge in [-0.2, -0.15) is 0 Å². The van der Waals surface area contributed by atoms with E-state index < -0.39 is 88.8 Å². The van der Waals surface area contributed by atoms with Crippen LogP contribution >= 0.6 is 0 Å². The molecular formula is C60H75F2N3O18. The number of alkyl halides is 2. The van der Waals surface area contributed by atoms with Crippen LogP contribution in [0.5, 0.6) is 0 Å². The van der Waals surface area contributed by atoms with Crippen molar-refractivity contribution in [2.45, 2.75) is 87.0 Å². The average Bonchev–Trinajstić information content (AvgIpc) is 1.65. The molecule has 5 fully saturated rings. The van der Waals surface area contributed by atoms with E-state index in [2.05, 4.69) is 10.6 Å². The molecule has 9 rings (SSSR count). The van der Waals surface area contributed by atoms with Crippen molar-refractivity contribution in [2.75, 3.05) is 131 Å². The maximum atomic E-state index is 17.6. The maximum absolute atomic E-state index is 17.6. The van der Waals surface area contributed by atoms with Gasteiger partial charge in [-0.1, -0.05) is 43.3 Å². The lowest BCUT2D eigenvalue weighted by Crippen LogP contribution is -2.82. The lowest BCUT2D eigenvalue weighted by Gasteiger charge is -2.71. The number of imide groups is 1. The predicted molar refractivity (Wildman–Crippen MR) is 290 cm³/mol. The molecule has 10 atom stereocenters. The van der Waals surface area contributed by atoms with E-state index in [1.54, 1.807) is 0 Å². The number of hydrogen-bond acceptors (Lipinski definition) is 18. The molecule has 2 aromatic rings. The molecule has 1 spiro atoms. The number of fused-ring (bicyclic) bond motifs is 4. The molecule has 2 aromatic carbocycles. The second-order valence-electron chi connectivity index (χ2n) is 21.7. The van der Waals surface area contributed by atoms with E-state index >= 15 is 8.78 Å². The van der Waals surface area contributed by atoms with E-state index in [1.807, 2.05) is 55.5 Å². The van der Waals surface area contributed by atoms with Gasteiger partial charge in [-0.25, -0.2) is 8.78 Å². The molecule has 23 heteroatoms. The van der Waals surface area contributed by atoms with E-state index in [9.17, 15) is 33.9 Å². The zero-order chi connectivity index (χ0) is 58.5. The van der Waals surface area contributed by atoms with Gasteiger partial charge in [-0.3, -0.25) is 33.7 Å². The highest BCUT2D eigenvalue weighted by molar-refractivity contribution is 6.13. The molecule has 3 heterocycles. The van der Waals surface area contributed by atoms with Gasteiger partial charge in [0.2, 0.25) is 11.8 Å². The Kier molecular flexibility index (Phi) is 21.3. The number of halogens is 2. The van der Waals surface area contributed by atoms with Crippen LogP contribution in [0.1, 0.15) is 62.0 Å². The number of aliphatic hydroxyl groups is 1. The number of ether oxygens (including phenoxy) is 11. The number of anilines is 1. The molecule has 3 N–H and O–H groups in total. The van der Waals surface area contributed by atoms with Gasteiger partial charge >= 0.3 is 0 Å². The number of carbonyl (C=O) groups is 6. The topological polar surface area (TPSA) is 251 Å². The second kappa shape index (κ2) is 28.6. The fourth-order valence-electron chi connectivity index (χ4n) is 12.8. The fraction of sp³-hybridized carbons (Fsp3) is 0.600. The van der Waals surface area contributed by atoms with Gasteiger partial charge in [0, 0.05) is 59.8 Å². The van der Waals surface area contributed by atoms with Crippen LogP contribution in [0, 0.1) is 17.3 Å². The number of aliphatic hydroxyl groups excluding tert-OH is 1. The molecule has 4 amide bonds. The van der Waals surface area contributed by atoms with Crippen LogP contribution in [-0.2, 0) is 87.3 Å². The number of rotatable bonds is 36. The summed E-state index contributed by atoms with van der Waals surface area (Å²) in [6, 6.07) is 15.2. The molecule has 21 nitrogen and oxygen atoms in total. The average molecular weight is 1160 g/mol. The van der Waals surface area contributed by atoms with Gasteiger partial charge in [-0.05, 0) is 73.1 Å². The minimum Gasteiger partial charge on any atom is -0.388 e. The third kappa shape index (κ3) is 13.8. The van der Waals surface area contributed by atoms with E-state index in [0.29, 0.717) is 123 Å². The summed E-state index contributed by atoms with van der Waals surface area (Å²) in [5, 5.41) is 16.0. The van der Waals surface area contributed by atoms with Crippen molar-refractivity contribution in [1.82, 2.24) is 10.2 Å². The maximum Gasteiger partial charge on any atom is 0.253 e. The molecule has 83 heavy (non-hydrogen) atoms. The van der Waals surface area contributed by atoms with Gasteiger partial charge in [-0.15, -0.1) is 0 Å². The number of allylic oxidation sites excluding steroid dienone is 2. The standard InChI is InChI=1S/C60H75F2N3O18/c1-57-38-51-59(62)46(36-48(61)47-35-44(67)11-14-58(47,59)82-51)45(57)37-50-60(57,49(68)39-66)83-56(81-50)42-7-5-40(6-8-42)33-41-3-2-4-43(34-41)64-53(70)13-17-73-19-21-75-23-25-77-27-29-79-31-32-80-30-28-78-26-24-76-22-20-74-18-15-63-52(69)12-16-65-54(71)9-10-55(65)72/h2-11,14,34-35,45-46,48,50-51,56,66H,12-13,15-33,36-39H2,1H3,(H,63,69)(H,64,70)/t45?,46-,48-,50+,51-,56+,57-,58+,59-,60+/m0/s1. The van der Waals surface area contributed by atoms with Crippen LogP contribution in [-0.4, -0.2) is 206 Å². The zero-order valence-electron chi connectivity index (χ0n) is 46.7. The van der Waals surface area contributed by atoms with Crippen LogP contribution in [0.15, 0.2) is 84.5 Å². The minimum absolute atomic E-state index is 0.0178. The molecule has 7 aliphatic rings. The molecular weight excluding hydrogens is 1090 g/mol. The molecule has 4 aliphatic carbocycles. The quantitative estimate of drug-likeness (QED) is 0.0651. The predicted octanol–water partition coefficient (Wildman–Crippen LogP) is 3.58. The van der Waals surface area contributed by atoms with Gasteiger partial charge < -0.3 is 67.8 Å². The summed E-state index contributed by atoms with van der Waals surface area (Å²) in [4.78, 5) is 74.8. The van der Waals surface area contributed by atoms with Gasteiger partial charge in [0.05, 0.1) is 124 Å². The number of hydrogen-bond donors (Lipinski definition) is 3. The molecule has 3 aliphatic heterocycles. The van der Waals surface area contributed by atoms with Gasteiger partial charge in [0.1, 0.15) is 18.4 Å². The SMILES string of the molecule is C[C@]12C[C@@H]3O[C@]45C=CC(=O)C=C4[C@@H](F)C[C@@H](C1C[C@H]1O[C@@H](c4ccc(Cc6cccc(NC(=O)CCOCCOCCOCCOCCOCCOCCOCCOCCNC(=O)CCN7C(=O)C=CC7=O)c6)cc4)O[C@]12C(=O)CO)[C@]35F. The van der Waals surface area contributed by atoms with Crippen LogP contribution in [0.4, 0.5) is 14.5 Å². The third-order valence-corrected chi connectivity index (χ3v) is 16.7. The molecule has 2 saturated heterocycles. The van der Waals surface area contributed by atoms with Crippen molar-refractivity contribution in [3.05, 3.63) is 101 Å². The van der Waals surface area contributed by atoms with Crippen molar-refractivity contribution < 1.29 is 94.8 Å². The third-order valence-electron chi connectivity index (χ3n) is 16.7. The fourth-order valence-corrected chi connectivity index (χ4v) is 12.8. The highest BCUT2D eigenvalue weighted by Crippen LogP contribution is 2.75. The first-order valence-electron chi connectivity index (χ1n) is 28.6. The summed E-state index contributed by atoms with van der Waals surface area (Å²) in [6.07, 6.45) is 2.67. The summed E-state index contributed by atoms with van der Waals surface area (Å²) in [7, 11) is 0. The van der Waals surface area contributed by atoms with Crippen LogP contribution in [0.3, 0.4) is 0 Å². The molecule has 0 aromatic heterocycles. The lowest BCUT2D eigenvalue weighted by atomic mass is 9.44. The Hall–Kier alpha value is -5.54. The molecule has 3 saturated carbocycles. The number of nitrogens with zero attached hydrogens (tertiary/aromatic N) is 1. The Morgan fingerprint density at radius 1 is 0.687 bits per heavy atom. The van der Waals surface area contributed by atoms with E-state index in [0.717, 1.165) is 22.1 Å². The Morgan fingerprint density at radius 2 is 1.28 bits per heavy atom. The normalized spacial score (nSPS) is 29.0. The molecule has 1 unspecified atom stereocenters. The van der Waals surface area contributed by atoms with Crippen LogP contribution < -0.4 is 10.6 Å². The van der Waals surface area contributed by atoms with Crippen LogP contribution in [0.2, 0.25) is 0 Å². The lowest BCUT2D eigenvalue weighted by molar-refractivity contribution is -0.360. The summed E-state index contributed by atoms with van der Waals surface area (Å²) in [6.45, 7) is 7.45. The number of Topliss-reactive ketones (excluding diaryl/α,β-unsaturated/α-hetero) is 1. The number of benzene rings is 2. The number of ketones is 2. The van der Waals surface area contributed by atoms with Crippen molar-refractivity contribution in [1.29, 1.82) is 0 Å². The highest BCUT2D eigenvalue weighted by atomic mass is 19.1. The van der Waals surface area contributed by atoms with E-state index in [1.165, 1.54) is 24.3 Å². The van der Waals surface area contributed by atoms with E-state index in [4.69, 9.17) is 52.1 Å². The monoisotopic (exact) mass is 1160 g/mol. The Bertz CT molecular complexity index is 2690. The second-order valence-corrected chi connectivity index (χ2v) is 21.7. The molecule has 452 valence electrons. The summed E-state index contributed by atoms with van der Waals surface area (Å²) < 4.78 is 97.0. The molecule has 0 radical (unpaired) electrons. The van der Waals surface area contributed by atoms with Crippen molar-refractivity contribution >= 4 is 40.9 Å². The van der Waals surface area contributed by atoms with Crippen molar-refractivity contribution in [3.63, 3.8) is 0 Å². The first-order valence-corrected chi connectivity index (χ1v) is 28.6. The zero-order valence-corrected chi connectivity index (χ0v) is 46.7. The summed E-state index contributed by atoms with van der Waals surface area (Å²) >= 11 is 0. The van der Waals surface area contributed by atoms with Gasteiger partial charge in [0.15, 0.2) is 29.1 Å².